The number of nitrogens with one attached hydrogen (secondary N) is 1. The molecule has 0 aromatic rings. The summed E-state index contributed by atoms with van der Waals surface area (Å²) in [4.78, 5) is 4.27. The molecule has 0 aromatic heterocycles. The third-order valence-corrected chi connectivity index (χ3v) is 3.58. The average Bonchev–Trinajstić information content (AvgIpc) is 2.76. The van der Waals surface area contributed by atoms with Crippen LogP contribution >= 0.6 is 0 Å². The van der Waals surface area contributed by atoms with Crippen LogP contribution in [0.4, 0.5) is 0 Å². The molecule has 3 heteroatoms. The Morgan fingerprint density at radius 3 is 2.86 bits per heavy atom. The minimum Gasteiger partial charge on any atom is -0.370 e. The number of guanidine groups is 1. The Morgan fingerprint density at radius 2 is 2.29 bits per heavy atom. The van der Waals surface area contributed by atoms with Crippen molar-refractivity contribution in [3.8, 4) is 0 Å². The fraction of sp³-hybridized carbons (Fsp3) is 0.909. The Hall–Kier alpha value is -0.730. The van der Waals surface area contributed by atoms with Gasteiger partial charge in [0.15, 0.2) is 5.96 Å². The maximum Gasteiger partial charge on any atom is 0.188 e. The van der Waals surface area contributed by atoms with Gasteiger partial charge in [-0.2, -0.15) is 0 Å². The molecule has 0 aliphatic heterocycles. The van der Waals surface area contributed by atoms with Gasteiger partial charge in [0.1, 0.15) is 0 Å². The van der Waals surface area contributed by atoms with Crippen molar-refractivity contribution in [1.82, 2.24) is 5.32 Å². The molecule has 2 saturated carbocycles. The molecule has 0 aromatic carbocycles. The number of aliphatic imine (C=N–C) groups is 1. The fourth-order valence-electron chi connectivity index (χ4n) is 2.89. The van der Waals surface area contributed by atoms with Crippen molar-refractivity contribution in [2.24, 2.45) is 22.6 Å². The Balaban J connectivity index is 1.80. The molecule has 3 nitrogen and oxygen atoms in total. The van der Waals surface area contributed by atoms with Crippen LogP contribution in [-0.2, 0) is 0 Å². The first-order valence-electron chi connectivity index (χ1n) is 5.86. The zero-order valence-electron chi connectivity index (χ0n) is 9.00. The first kappa shape index (κ1) is 9.81. The topological polar surface area (TPSA) is 50.4 Å². The number of nitrogens with zero attached hydrogens (tertiary/aromatic N) is 1. The first-order valence-corrected chi connectivity index (χ1v) is 5.86. The number of fused-ring (bicyclic) bond motifs is 2. The summed E-state index contributed by atoms with van der Waals surface area (Å²) in [5.41, 5.74) is 5.81. The maximum atomic E-state index is 5.81. The van der Waals surface area contributed by atoms with Crippen molar-refractivity contribution in [2.75, 3.05) is 6.54 Å². The molecule has 3 atom stereocenters. The Morgan fingerprint density at radius 1 is 1.43 bits per heavy atom. The lowest BCUT2D eigenvalue weighted by molar-refractivity contribution is 0.389. The molecule has 0 radical (unpaired) electrons. The highest BCUT2D eigenvalue weighted by atomic mass is 15.1. The van der Waals surface area contributed by atoms with E-state index >= 15 is 0 Å². The van der Waals surface area contributed by atoms with E-state index in [0.717, 1.165) is 24.8 Å². The number of hydrogen-bond acceptors (Lipinski definition) is 1. The zero-order valence-corrected chi connectivity index (χ0v) is 9.00. The monoisotopic (exact) mass is 195 g/mol. The predicted molar refractivity (Wildman–Crippen MR) is 59.2 cm³/mol. The molecule has 2 aliphatic rings. The van der Waals surface area contributed by atoms with Gasteiger partial charge < -0.3 is 11.1 Å². The van der Waals surface area contributed by atoms with Gasteiger partial charge in [-0.25, -0.2) is 0 Å². The zero-order chi connectivity index (χ0) is 9.97. The van der Waals surface area contributed by atoms with E-state index in [1.807, 2.05) is 0 Å². The number of rotatable bonds is 3. The highest BCUT2D eigenvalue weighted by Gasteiger charge is 2.39. The normalized spacial score (nSPS) is 36.4. The fourth-order valence-corrected chi connectivity index (χ4v) is 2.89. The minimum absolute atomic E-state index is 0.620. The van der Waals surface area contributed by atoms with Crippen LogP contribution in [0.3, 0.4) is 0 Å². The summed E-state index contributed by atoms with van der Waals surface area (Å²) >= 11 is 0. The molecule has 3 N–H and O–H groups in total. The number of hydrogen-bond donors (Lipinski definition) is 2. The molecule has 0 amide bonds. The van der Waals surface area contributed by atoms with Crippen LogP contribution in [0.5, 0.6) is 0 Å². The summed E-state index contributed by atoms with van der Waals surface area (Å²) in [6.45, 7) is 2.97. The van der Waals surface area contributed by atoms with Gasteiger partial charge in [0, 0.05) is 12.6 Å². The van der Waals surface area contributed by atoms with E-state index in [1.165, 1.54) is 25.7 Å². The van der Waals surface area contributed by atoms with Gasteiger partial charge in [-0.3, -0.25) is 4.99 Å². The molecule has 80 valence electrons. The van der Waals surface area contributed by atoms with Crippen LogP contribution in [0.1, 0.15) is 39.0 Å². The second-order valence-electron chi connectivity index (χ2n) is 4.69. The summed E-state index contributed by atoms with van der Waals surface area (Å²) in [5, 5.41) is 3.37. The van der Waals surface area contributed by atoms with Gasteiger partial charge in [-0.1, -0.05) is 13.3 Å². The van der Waals surface area contributed by atoms with Crippen molar-refractivity contribution in [3.05, 3.63) is 0 Å². The maximum absolute atomic E-state index is 5.81. The molecule has 2 fully saturated rings. The molecule has 3 unspecified atom stereocenters. The molecule has 0 spiro atoms. The number of nitrogens with two attached hydrogens (primary N) is 1. The van der Waals surface area contributed by atoms with Crippen LogP contribution < -0.4 is 11.1 Å². The molecule has 0 heterocycles. The average molecular weight is 195 g/mol. The smallest absolute Gasteiger partial charge is 0.188 e. The molecular formula is C11H21N3. The van der Waals surface area contributed by atoms with Crippen LogP contribution in [0.15, 0.2) is 4.99 Å². The van der Waals surface area contributed by atoms with E-state index in [1.54, 1.807) is 0 Å². The minimum atomic E-state index is 0.620. The van der Waals surface area contributed by atoms with Gasteiger partial charge in [-0.15, -0.1) is 0 Å². The van der Waals surface area contributed by atoms with Crippen molar-refractivity contribution in [1.29, 1.82) is 0 Å². The Labute approximate surface area is 86.2 Å². The van der Waals surface area contributed by atoms with Crippen LogP contribution in [0, 0.1) is 11.8 Å². The van der Waals surface area contributed by atoms with Crippen molar-refractivity contribution < 1.29 is 0 Å². The van der Waals surface area contributed by atoms with Crippen LogP contribution in [-0.4, -0.2) is 18.5 Å². The largest absolute Gasteiger partial charge is 0.370 e. The van der Waals surface area contributed by atoms with Gasteiger partial charge in [0.05, 0.1) is 0 Å². The third-order valence-electron chi connectivity index (χ3n) is 3.58. The van der Waals surface area contributed by atoms with Crippen LogP contribution in [0.25, 0.3) is 0 Å². The molecule has 2 rings (SSSR count). The summed E-state index contributed by atoms with van der Waals surface area (Å²) < 4.78 is 0. The SMILES string of the molecule is CCCN=C(N)NC1CC2CCC1C2. The highest BCUT2D eigenvalue weighted by molar-refractivity contribution is 5.78. The highest BCUT2D eigenvalue weighted by Crippen LogP contribution is 2.44. The van der Waals surface area contributed by atoms with E-state index in [0.29, 0.717) is 12.0 Å². The van der Waals surface area contributed by atoms with E-state index in [2.05, 4.69) is 17.2 Å². The van der Waals surface area contributed by atoms with Gasteiger partial charge in [0.2, 0.25) is 0 Å². The molecule has 14 heavy (non-hydrogen) atoms. The second kappa shape index (κ2) is 4.20. The predicted octanol–water partition coefficient (Wildman–Crippen LogP) is 1.49. The standard InChI is InChI=1S/C11H21N3/c1-2-5-13-11(12)14-10-7-8-3-4-9(10)6-8/h8-10H,2-7H2,1H3,(H3,12,13,14). The Kier molecular flexibility index (Phi) is 2.94. The summed E-state index contributed by atoms with van der Waals surface area (Å²) in [6.07, 6.45) is 6.63. The third kappa shape index (κ3) is 2.02. The Bertz CT molecular complexity index is 225. The van der Waals surface area contributed by atoms with E-state index in [-0.39, 0.29) is 0 Å². The first-order chi connectivity index (χ1) is 6.79. The summed E-state index contributed by atoms with van der Waals surface area (Å²) in [5.74, 6) is 2.50. The lowest BCUT2D eigenvalue weighted by Gasteiger charge is -2.23. The molecule has 0 saturated heterocycles. The van der Waals surface area contributed by atoms with E-state index in [4.69, 9.17) is 5.73 Å². The quantitative estimate of drug-likeness (QED) is 0.529. The van der Waals surface area contributed by atoms with Crippen molar-refractivity contribution in [3.63, 3.8) is 0 Å². The lowest BCUT2D eigenvalue weighted by atomic mass is 9.95. The van der Waals surface area contributed by atoms with Crippen molar-refractivity contribution >= 4 is 5.96 Å². The van der Waals surface area contributed by atoms with Gasteiger partial charge >= 0.3 is 0 Å². The summed E-state index contributed by atoms with van der Waals surface area (Å²) in [7, 11) is 0. The van der Waals surface area contributed by atoms with E-state index < -0.39 is 0 Å². The van der Waals surface area contributed by atoms with Gasteiger partial charge in [0.25, 0.3) is 0 Å². The second-order valence-corrected chi connectivity index (χ2v) is 4.69. The molecular weight excluding hydrogens is 174 g/mol. The summed E-state index contributed by atoms with van der Waals surface area (Å²) in [6, 6.07) is 0.620. The van der Waals surface area contributed by atoms with Gasteiger partial charge in [-0.05, 0) is 37.5 Å². The van der Waals surface area contributed by atoms with Crippen LogP contribution in [0.2, 0.25) is 0 Å². The lowest BCUT2D eigenvalue weighted by Crippen LogP contribution is -2.42. The van der Waals surface area contributed by atoms with Crippen molar-refractivity contribution in [2.45, 2.75) is 45.1 Å². The molecule has 2 bridgehead atoms. The van der Waals surface area contributed by atoms with E-state index in [9.17, 15) is 0 Å². The molecule has 2 aliphatic carbocycles.